The molecule has 26 heavy (non-hydrogen) atoms. The number of nitrogens with one attached hydrogen (secondary N) is 1. The van der Waals surface area contributed by atoms with Crippen LogP contribution in [0.4, 0.5) is 4.39 Å². The van der Waals surface area contributed by atoms with Gasteiger partial charge in [0.05, 0.1) is 5.56 Å². The Bertz CT molecular complexity index is 841. The topological polar surface area (TPSA) is 55.4 Å². The molecule has 1 amide bonds. The zero-order valence-corrected chi connectivity index (χ0v) is 14.3. The first-order chi connectivity index (χ1) is 12.6. The van der Waals surface area contributed by atoms with Gasteiger partial charge < -0.3 is 10.1 Å². The van der Waals surface area contributed by atoms with Gasteiger partial charge in [-0.3, -0.25) is 4.79 Å². The maximum absolute atomic E-state index is 13.1. The summed E-state index contributed by atoms with van der Waals surface area (Å²) in [6, 6.07) is 11.3. The van der Waals surface area contributed by atoms with Gasteiger partial charge in [0, 0.05) is 18.0 Å². The second kappa shape index (κ2) is 6.90. The summed E-state index contributed by atoms with van der Waals surface area (Å²) in [5.74, 6) is -0.845. The molecule has 1 atom stereocenters. The highest BCUT2D eigenvalue weighted by molar-refractivity contribution is 5.98. The number of esters is 1. The molecule has 0 saturated heterocycles. The predicted molar refractivity (Wildman–Crippen MR) is 94.4 cm³/mol. The lowest BCUT2D eigenvalue weighted by Crippen LogP contribution is -2.33. The van der Waals surface area contributed by atoms with Crippen LogP contribution in [0.1, 0.15) is 63.6 Å². The minimum Gasteiger partial charge on any atom is -0.454 e. The molecule has 1 aliphatic heterocycles. The minimum absolute atomic E-state index is 0.100. The number of cyclic esters (lactones) is 1. The zero-order chi connectivity index (χ0) is 18.1. The number of fused-ring (bicyclic) bond motifs is 1. The van der Waals surface area contributed by atoms with Crippen molar-refractivity contribution in [2.75, 3.05) is 0 Å². The van der Waals surface area contributed by atoms with E-state index in [1.807, 2.05) is 0 Å². The Morgan fingerprint density at radius 2 is 1.81 bits per heavy atom. The van der Waals surface area contributed by atoms with Crippen molar-refractivity contribution in [2.45, 2.75) is 44.2 Å². The Morgan fingerprint density at radius 1 is 1.08 bits per heavy atom. The predicted octanol–water partition coefficient (Wildman–Crippen LogP) is 3.95. The molecule has 1 unspecified atom stereocenters. The second-order valence-corrected chi connectivity index (χ2v) is 6.98. The van der Waals surface area contributed by atoms with Gasteiger partial charge in [-0.2, -0.15) is 0 Å². The highest BCUT2D eigenvalue weighted by Crippen LogP contribution is 2.31. The monoisotopic (exact) mass is 353 g/mol. The van der Waals surface area contributed by atoms with Gasteiger partial charge in [0.15, 0.2) is 0 Å². The molecule has 0 spiro atoms. The summed E-state index contributed by atoms with van der Waals surface area (Å²) in [7, 11) is 0. The molecule has 1 saturated carbocycles. The fraction of sp³-hybridized carbons (Fsp3) is 0.333. The summed E-state index contributed by atoms with van der Waals surface area (Å²) in [5, 5.41) is 3.07. The fourth-order valence-corrected chi connectivity index (χ4v) is 3.74. The van der Waals surface area contributed by atoms with Gasteiger partial charge in [-0.25, -0.2) is 9.18 Å². The molecule has 1 fully saturated rings. The number of hydrogen-bond acceptors (Lipinski definition) is 3. The molecule has 2 aromatic carbocycles. The average molecular weight is 353 g/mol. The van der Waals surface area contributed by atoms with Gasteiger partial charge in [0.1, 0.15) is 11.9 Å². The summed E-state index contributed by atoms with van der Waals surface area (Å²) < 4.78 is 18.6. The zero-order valence-electron chi connectivity index (χ0n) is 14.3. The van der Waals surface area contributed by atoms with E-state index in [-0.39, 0.29) is 17.8 Å². The van der Waals surface area contributed by atoms with Crippen LogP contribution in [0.3, 0.4) is 0 Å². The van der Waals surface area contributed by atoms with Gasteiger partial charge >= 0.3 is 5.97 Å². The van der Waals surface area contributed by atoms with Crippen LogP contribution in [0.25, 0.3) is 0 Å². The quantitative estimate of drug-likeness (QED) is 0.850. The minimum atomic E-state index is -0.469. The van der Waals surface area contributed by atoms with Crippen molar-refractivity contribution in [3.05, 3.63) is 70.5 Å². The van der Waals surface area contributed by atoms with Crippen molar-refractivity contribution < 1.29 is 18.7 Å². The van der Waals surface area contributed by atoms with E-state index in [4.69, 9.17) is 4.74 Å². The first-order valence-electron chi connectivity index (χ1n) is 9.00. The molecule has 4 nitrogen and oxygen atoms in total. The molecular weight excluding hydrogens is 333 g/mol. The Kier molecular flexibility index (Phi) is 4.45. The molecule has 2 aliphatic rings. The molecule has 1 N–H and O–H groups in total. The third kappa shape index (κ3) is 3.34. The third-order valence-electron chi connectivity index (χ3n) is 5.17. The smallest absolute Gasteiger partial charge is 0.339 e. The Labute approximate surface area is 151 Å². The standard InChI is InChI=1S/C21H20FNO3/c22-16-8-5-13(6-9-16)19-12-15-11-14(7-10-18(15)21(25)26-19)20(24)23-17-3-1-2-4-17/h5-11,17,19H,1-4,12H2,(H,23,24). The molecule has 0 radical (unpaired) electrons. The van der Waals surface area contributed by atoms with Crippen LogP contribution in [0.5, 0.6) is 0 Å². The number of rotatable bonds is 3. The summed E-state index contributed by atoms with van der Waals surface area (Å²) in [6.07, 6.45) is 4.35. The summed E-state index contributed by atoms with van der Waals surface area (Å²) in [4.78, 5) is 24.8. The van der Waals surface area contributed by atoms with Crippen molar-refractivity contribution in [2.24, 2.45) is 0 Å². The van der Waals surface area contributed by atoms with Crippen molar-refractivity contribution in [1.82, 2.24) is 5.32 Å². The van der Waals surface area contributed by atoms with Crippen molar-refractivity contribution in [3.8, 4) is 0 Å². The first kappa shape index (κ1) is 16.8. The van der Waals surface area contributed by atoms with Crippen molar-refractivity contribution in [3.63, 3.8) is 0 Å². The van der Waals surface area contributed by atoms with Crippen LogP contribution in [-0.2, 0) is 11.2 Å². The first-order valence-corrected chi connectivity index (χ1v) is 9.00. The lowest BCUT2D eigenvalue weighted by Gasteiger charge is -2.25. The molecule has 2 aromatic rings. The van der Waals surface area contributed by atoms with E-state index in [2.05, 4.69) is 5.32 Å². The SMILES string of the molecule is O=C(NC1CCCC1)c1ccc2c(c1)CC(c1ccc(F)cc1)OC2=O. The van der Waals surface area contributed by atoms with Gasteiger partial charge in [0.2, 0.25) is 0 Å². The lowest BCUT2D eigenvalue weighted by molar-refractivity contribution is 0.0252. The van der Waals surface area contributed by atoms with Crippen LogP contribution in [0.15, 0.2) is 42.5 Å². The maximum Gasteiger partial charge on any atom is 0.339 e. The van der Waals surface area contributed by atoms with E-state index < -0.39 is 12.1 Å². The van der Waals surface area contributed by atoms with Gasteiger partial charge in [0.25, 0.3) is 5.91 Å². The third-order valence-corrected chi connectivity index (χ3v) is 5.17. The Hall–Kier alpha value is -2.69. The number of amides is 1. The molecule has 5 heteroatoms. The van der Waals surface area contributed by atoms with Gasteiger partial charge in [-0.15, -0.1) is 0 Å². The maximum atomic E-state index is 13.1. The number of carbonyl (C=O) groups excluding carboxylic acids is 2. The van der Waals surface area contributed by atoms with E-state index in [0.717, 1.165) is 36.8 Å². The highest BCUT2D eigenvalue weighted by Gasteiger charge is 2.28. The van der Waals surface area contributed by atoms with Crippen LogP contribution in [0.2, 0.25) is 0 Å². The van der Waals surface area contributed by atoms with Crippen LogP contribution < -0.4 is 5.32 Å². The lowest BCUT2D eigenvalue weighted by atomic mass is 9.93. The summed E-state index contributed by atoms with van der Waals surface area (Å²) in [5.41, 5.74) is 2.57. The molecule has 134 valence electrons. The molecule has 1 heterocycles. The van der Waals surface area contributed by atoms with E-state index in [9.17, 15) is 14.0 Å². The molecule has 4 rings (SSSR count). The number of ether oxygens (including phenoxy) is 1. The Morgan fingerprint density at radius 3 is 2.54 bits per heavy atom. The number of hydrogen-bond donors (Lipinski definition) is 1. The molecule has 0 aromatic heterocycles. The largest absolute Gasteiger partial charge is 0.454 e. The average Bonchev–Trinajstić information content (AvgIpc) is 3.14. The molecule has 0 bridgehead atoms. The van der Waals surface area contributed by atoms with Crippen molar-refractivity contribution in [1.29, 1.82) is 0 Å². The van der Waals surface area contributed by atoms with Gasteiger partial charge in [-0.1, -0.05) is 25.0 Å². The summed E-state index contributed by atoms with van der Waals surface area (Å²) in [6.45, 7) is 0. The van der Waals surface area contributed by atoms with Gasteiger partial charge in [-0.05, 0) is 54.3 Å². The van der Waals surface area contributed by atoms with Crippen molar-refractivity contribution >= 4 is 11.9 Å². The number of carbonyl (C=O) groups is 2. The molecule has 1 aliphatic carbocycles. The number of halogens is 1. The van der Waals surface area contributed by atoms with E-state index in [1.54, 1.807) is 30.3 Å². The highest BCUT2D eigenvalue weighted by atomic mass is 19.1. The molecular formula is C21H20FNO3. The number of benzene rings is 2. The van der Waals surface area contributed by atoms with Crippen LogP contribution in [-0.4, -0.2) is 17.9 Å². The Balaban J connectivity index is 1.56. The van der Waals surface area contributed by atoms with Crippen LogP contribution >= 0.6 is 0 Å². The van der Waals surface area contributed by atoms with Crippen LogP contribution in [0, 0.1) is 5.82 Å². The van der Waals surface area contributed by atoms with E-state index in [1.165, 1.54) is 12.1 Å². The van der Waals surface area contributed by atoms with E-state index >= 15 is 0 Å². The summed E-state index contributed by atoms with van der Waals surface area (Å²) >= 11 is 0. The fourth-order valence-electron chi connectivity index (χ4n) is 3.74. The van der Waals surface area contributed by atoms with E-state index in [0.29, 0.717) is 17.5 Å². The normalized spacial score (nSPS) is 19.7. The second-order valence-electron chi connectivity index (χ2n) is 6.98.